The summed E-state index contributed by atoms with van der Waals surface area (Å²) in [7, 11) is 0. The van der Waals surface area contributed by atoms with Crippen LogP contribution in [-0.2, 0) is 0 Å². The van der Waals surface area contributed by atoms with Gasteiger partial charge in [0.25, 0.3) is 0 Å². The maximum atomic E-state index is 5.74. The van der Waals surface area contributed by atoms with Crippen LogP contribution >= 0.6 is 11.3 Å². The molecule has 0 atom stereocenters. The van der Waals surface area contributed by atoms with Crippen LogP contribution in [0.1, 0.15) is 0 Å². The predicted octanol–water partition coefficient (Wildman–Crippen LogP) is 11.6. The van der Waals surface area contributed by atoms with Crippen molar-refractivity contribution in [3.8, 4) is 22.3 Å². The van der Waals surface area contributed by atoms with Crippen LogP contribution in [-0.4, -0.2) is 0 Å². The van der Waals surface area contributed by atoms with Gasteiger partial charge >= 0.3 is 0 Å². The third-order valence-corrected chi connectivity index (χ3v) is 9.51. The van der Waals surface area contributed by atoms with Gasteiger partial charge in [0.2, 0.25) is 0 Å². The lowest BCUT2D eigenvalue weighted by atomic mass is 9.85. The quantitative estimate of drug-likeness (QED) is 0.204. The van der Waals surface area contributed by atoms with Gasteiger partial charge in [0.1, 0.15) is 5.58 Å². The number of thiophene rings is 1. The molecule has 0 aliphatic carbocycles. The minimum atomic E-state index is 0.941. The van der Waals surface area contributed by atoms with Gasteiger partial charge in [-0.3, -0.25) is 0 Å². The second-order valence-electron chi connectivity index (χ2n) is 10.5. The Balaban J connectivity index is 1.41. The molecule has 186 valence electrons. The zero-order chi connectivity index (χ0) is 26.2. The first-order valence-corrected chi connectivity index (χ1v) is 14.4. The summed E-state index contributed by atoms with van der Waals surface area (Å²) in [5, 5.41) is 11.4. The first-order valence-electron chi connectivity index (χ1n) is 13.6. The van der Waals surface area contributed by atoms with E-state index in [1.807, 2.05) is 11.3 Å². The minimum absolute atomic E-state index is 0.941. The second-order valence-corrected chi connectivity index (χ2v) is 11.5. The fourth-order valence-corrected chi connectivity index (χ4v) is 7.76. The molecule has 0 aliphatic heterocycles. The molecule has 0 amide bonds. The zero-order valence-corrected chi connectivity index (χ0v) is 22.3. The number of rotatable bonds is 2. The summed E-state index contributed by atoms with van der Waals surface area (Å²) < 4.78 is 8.32. The number of benzene rings is 7. The van der Waals surface area contributed by atoms with E-state index in [0.29, 0.717) is 0 Å². The van der Waals surface area contributed by atoms with Crippen LogP contribution in [0, 0.1) is 0 Å². The maximum Gasteiger partial charge on any atom is 0.135 e. The van der Waals surface area contributed by atoms with Gasteiger partial charge in [0.15, 0.2) is 0 Å². The van der Waals surface area contributed by atoms with Gasteiger partial charge in [-0.25, -0.2) is 0 Å². The minimum Gasteiger partial charge on any atom is -0.464 e. The molecule has 0 saturated carbocycles. The van der Waals surface area contributed by atoms with E-state index in [-0.39, 0.29) is 0 Å². The van der Waals surface area contributed by atoms with Crippen molar-refractivity contribution in [2.24, 2.45) is 0 Å². The van der Waals surface area contributed by atoms with Crippen LogP contribution in [0.5, 0.6) is 0 Å². The Morgan fingerprint density at radius 3 is 1.90 bits per heavy atom. The Morgan fingerprint density at radius 1 is 0.450 bits per heavy atom. The molecule has 2 heteroatoms. The van der Waals surface area contributed by atoms with Gasteiger partial charge in [0.05, 0.1) is 6.26 Å². The van der Waals surface area contributed by atoms with E-state index in [9.17, 15) is 0 Å². The van der Waals surface area contributed by atoms with Crippen molar-refractivity contribution in [3.05, 3.63) is 134 Å². The molecule has 0 N–H and O–H groups in total. The van der Waals surface area contributed by atoms with Crippen molar-refractivity contribution in [1.82, 2.24) is 0 Å². The van der Waals surface area contributed by atoms with Crippen LogP contribution in [0.4, 0.5) is 0 Å². The molecular formula is C38H22OS. The molecule has 0 bridgehead atoms. The highest BCUT2D eigenvalue weighted by atomic mass is 32.1. The Hall–Kier alpha value is -4.92. The fourth-order valence-electron chi connectivity index (χ4n) is 6.53. The Labute approximate surface area is 234 Å². The van der Waals surface area contributed by atoms with E-state index in [0.717, 1.165) is 11.0 Å². The third kappa shape index (κ3) is 3.08. The van der Waals surface area contributed by atoms with Crippen LogP contribution in [0.2, 0.25) is 0 Å². The van der Waals surface area contributed by atoms with Gasteiger partial charge in [-0.15, -0.1) is 11.3 Å². The van der Waals surface area contributed by atoms with Gasteiger partial charge < -0.3 is 4.42 Å². The molecule has 0 spiro atoms. The van der Waals surface area contributed by atoms with Crippen LogP contribution in [0.25, 0.3) is 85.7 Å². The monoisotopic (exact) mass is 526 g/mol. The maximum absolute atomic E-state index is 5.74. The van der Waals surface area contributed by atoms with Gasteiger partial charge in [0, 0.05) is 31.1 Å². The summed E-state index contributed by atoms with van der Waals surface area (Å²) >= 11 is 1.86. The highest BCUT2D eigenvalue weighted by molar-refractivity contribution is 7.26. The molecule has 0 fully saturated rings. The predicted molar refractivity (Wildman–Crippen MR) is 172 cm³/mol. The van der Waals surface area contributed by atoms with Gasteiger partial charge in [-0.1, -0.05) is 103 Å². The lowest BCUT2D eigenvalue weighted by Gasteiger charge is -2.18. The molecule has 0 saturated heterocycles. The summed E-state index contributed by atoms with van der Waals surface area (Å²) in [4.78, 5) is 0. The number of furan rings is 1. The largest absolute Gasteiger partial charge is 0.464 e. The van der Waals surface area contributed by atoms with Crippen molar-refractivity contribution in [3.63, 3.8) is 0 Å². The molecule has 40 heavy (non-hydrogen) atoms. The number of hydrogen-bond donors (Lipinski definition) is 0. The van der Waals surface area contributed by atoms with E-state index in [1.54, 1.807) is 6.26 Å². The molecule has 0 unspecified atom stereocenters. The topological polar surface area (TPSA) is 13.1 Å². The highest BCUT2D eigenvalue weighted by Crippen LogP contribution is 2.48. The second kappa shape index (κ2) is 8.29. The van der Waals surface area contributed by atoms with Crippen LogP contribution in [0.3, 0.4) is 0 Å². The fraction of sp³-hybridized carbons (Fsp3) is 0. The SMILES string of the molecule is c1ccc2cc(-c3c4ccccc4c(-c4cccc5c4sc4cc6occc6cc45)c4ccccc34)ccc2c1. The molecule has 2 aromatic heterocycles. The van der Waals surface area contributed by atoms with Crippen LogP contribution < -0.4 is 0 Å². The molecule has 0 radical (unpaired) electrons. The van der Waals surface area contributed by atoms with Crippen molar-refractivity contribution in [2.75, 3.05) is 0 Å². The highest BCUT2D eigenvalue weighted by Gasteiger charge is 2.19. The Bertz CT molecular complexity index is 2380. The average molecular weight is 527 g/mol. The van der Waals surface area contributed by atoms with E-state index in [2.05, 4.69) is 127 Å². The number of fused-ring (bicyclic) bond motifs is 7. The molecule has 9 rings (SSSR count). The molecular weight excluding hydrogens is 504 g/mol. The normalized spacial score (nSPS) is 12.0. The molecule has 7 aromatic carbocycles. The average Bonchev–Trinajstić information content (AvgIpc) is 3.62. The summed E-state index contributed by atoms with van der Waals surface area (Å²) in [6.07, 6.45) is 1.78. The molecule has 0 aliphatic rings. The Morgan fingerprint density at radius 2 is 1.12 bits per heavy atom. The van der Waals surface area contributed by atoms with Gasteiger partial charge in [-0.05, 0) is 73.3 Å². The standard InChI is InChI=1S/C38H22OS/c1-2-9-24-20-26(17-16-23(24)8-1)36-27-10-3-5-12-29(27)37(30-13-6-4-11-28(30)36)32-15-7-14-31-33-21-25-18-19-39-34(25)22-35(33)40-38(31)32/h1-22H. The van der Waals surface area contributed by atoms with E-state index in [4.69, 9.17) is 4.42 Å². The zero-order valence-electron chi connectivity index (χ0n) is 21.5. The lowest BCUT2D eigenvalue weighted by molar-refractivity contribution is 0.616. The first-order chi connectivity index (χ1) is 19.8. The van der Waals surface area contributed by atoms with Crippen molar-refractivity contribution in [1.29, 1.82) is 0 Å². The third-order valence-electron chi connectivity index (χ3n) is 8.31. The summed E-state index contributed by atoms with van der Waals surface area (Å²) in [6, 6.07) is 46.6. The summed E-state index contributed by atoms with van der Waals surface area (Å²) in [5.74, 6) is 0. The van der Waals surface area contributed by atoms with Crippen LogP contribution in [0.15, 0.2) is 138 Å². The van der Waals surface area contributed by atoms with Crippen molar-refractivity contribution >= 4 is 74.8 Å². The lowest BCUT2D eigenvalue weighted by Crippen LogP contribution is -1.91. The number of hydrogen-bond acceptors (Lipinski definition) is 2. The summed E-state index contributed by atoms with van der Waals surface area (Å²) in [5.41, 5.74) is 6.07. The Kier molecular flexibility index (Phi) is 4.55. The first kappa shape index (κ1) is 22.0. The molecule has 1 nitrogen and oxygen atoms in total. The smallest absolute Gasteiger partial charge is 0.135 e. The molecule has 9 aromatic rings. The molecule has 2 heterocycles. The van der Waals surface area contributed by atoms with E-state index >= 15 is 0 Å². The van der Waals surface area contributed by atoms with E-state index in [1.165, 1.54) is 74.7 Å². The van der Waals surface area contributed by atoms with Gasteiger partial charge in [-0.2, -0.15) is 0 Å². The summed E-state index contributed by atoms with van der Waals surface area (Å²) in [6.45, 7) is 0. The van der Waals surface area contributed by atoms with E-state index < -0.39 is 0 Å². The van der Waals surface area contributed by atoms with Crippen molar-refractivity contribution < 1.29 is 4.42 Å². The van der Waals surface area contributed by atoms with Crippen molar-refractivity contribution in [2.45, 2.75) is 0 Å².